The molecule has 2 aromatic heterocycles. The molecule has 2 aliphatic rings. The maximum Gasteiger partial charge on any atom is 0.328 e. The number of nitrogens with zero attached hydrogens (tertiary/aromatic N) is 5. The van der Waals surface area contributed by atoms with Crippen molar-refractivity contribution >= 4 is 46.2 Å². The molecule has 0 spiro atoms. The van der Waals surface area contributed by atoms with Crippen LogP contribution >= 0.6 is 0 Å². The van der Waals surface area contributed by atoms with E-state index in [2.05, 4.69) is 65.0 Å². The molecular formula is C50H53F2N9O6. The van der Waals surface area contributed by atoms with Crippen LogP contribution in [-0.2, 0) is 16.9 Å². The highest BCUT2D eigenvalue weighted by atomic mass is 19.1. The van der Waals surface area contributed by atoms with Crippen molar-refractivity contribution in [1.29, 1.82) is 0 Å². The number of carbonyl (C=O) groups excluding carboxylic acids is 4. The van der Waals surface area contributed by atoms with E-state index in [0.29, 0.717) is 57.0 Å². The predicted octanol–water partition coefficient (Wildman–Crippen LogP) is 7.14. The molecule has 0 unspecified atom stereocenters. The number of carbonyl (C=O) groups is 4. The largest absolute Gasteiger partial charge is 0.495 e. The number of hydrogen-bond donors (Lipinski definition) is 5. The number of aliphatic hydroxyl groups is 1. The van der Waals surface area contributed by atoms with Crippen LogP contribution in [-0.4, -0.2) is 107 Å². The van der Waals surface area contributed by atoms with Gasteiger partial charge in [-0.3, -0.25) is 29.5 Å². The van der Waals surface area contributed by atoms with Crippen molar-refractivity contribution in [3.05, 3.63) is 125 Å². The summed E-state index contributed by atoms with van der Waals surface area (Å²) in [5.41, 5.74) is 4.72. The highest BCUT2D eigenvalue weighted by Gasteiger charge is 2.28. The third kappa shape index (κ3) is 10.6. The molecule has 348 valence electrons. The van der Waals surface area contributed by atoms with E-state index in [1.807, 2.05) is 6.07 Å². The van der Waals surface area contributed by atoms with E-state index >= 15 is 4.39 Å². The van der Waals surface area contributed by atoms with Gasteiger partial charge in [-0.15, -0.1) is 0 Å². The van der Waals surface area contributed by atoms with Gasteiger partial charge in [0, 0.05) is 80.1 Å². The molecule has 2 saturated heterocycles. The number of halogens is 2. The lowest BCUT2D eigenvalue weighted by molar-refractivity contribution is -0.120. The molecule has 0 atom stereocenters. The first kappa shape index (κ1) is 46.4. The summed E-state index contributed by atoms with van der Waals surface area (Å²) in [7, 11) is 1.49. The van der Waals surface area contributed by atoms with Crippen LogP contribution in [0.4, 0.5) is 25.0 Å². The minimum absolute atomic E-state index is 0.164. The Morgan fingerprint density at radius 3 is 2.36 bits per heavy atom. The van der Waals surface area contributed by atoms with Crippen LogP contribution in [0.15, 0.2) is 85.2 Å². The smallest absolute Gasteiger partial charge is 0.328 e. The Bertz CT molecular complexity index is 2840. The fraction of sp³-hybridized carbons (Fsp3) is 0.320. The van der Waals surface area contributed by atoms with Crippen LogP contribution < -0.4 is 25.6 Å². The summed E-state index contributed by atoms with van der Waals surface area (Å²) in [4.78, 5) is 68.9. The lowest BCUT2D eigenvalue weighted by atomic mass is 9.96. The average molecular weight is 914 g/mol. The summed E-state index contributed by atoms with van der Waals surface area (Å²) < 4.78 is 35.6. The molecule has 8 rings (SSSR count). The molecule has 6 aromatic rings. The number of urea groups is 1. The van der Waals surface area contributed by atoms with Crippen molar-refractivity contribution in [3.63, 3.8) is 0 Å². The average Bonchev–Trinajstić information content (AvgIpc) is 3.75. The van der Waals surface area contributed by atoms with E-state index in [-0.39, 0.29) is 36.0 Å². The number of ether oxygens (including phenoxy) is 1. The van der Waals surface area contributed by atoms with E-state index in [9.17, 15) is 28.7 Å². The van der Waals surface area contributed by atoms with Gasteiger partial charge in [0.1, 0.15) is 29.4 Å². The second-order valence-electron chi connectivity index (χ2n) is 17.4. The quantitative estimate of drug-likeness (QED) is 0.0664. The molecule has 5 N–H and O–H groups in total. The molecule has 5 amide bonds. The molecule has 0 bridgehead atoms. The third-order valence-corrected chi connectivity index (χ3v) is 12.3. The number of amides is 5. The maximum atomic E-state index is 15.2. The lowest BCUT2D eigenvalue weighted by Crippen LogP contribution is -2.49. The number of nitrogens with one attached hydrogen (secondary N) is 4. The van der Waals surface area contributed by atoms with Crippen molar-refractivity contribution in [2.24, 2.45) is 0 Å². The van der Waals surface area contributed by atoms with Crippen LogP contribution in [0, 0.1) is 18.6 Å². The highest BCUT2D eigenvalue weighted by Crippen LogP contribution is 2.36. The Labute approximate surface area is 386 Å². The number of hydrogen-bond acceptors (Lipinski definition) is 10. The van der Waals surface area contributed by atoms with Gasteiger partial charge in [-0.2, -0.15) is 0 Å². The van der Waals surface area contributed by atoms with Gasteiger partial charge in [0.25, 0.3) is 11.8 Å². The van der Waals surface area contributed by atoms with E-state index in [0.717, 1.165) is 69.4 Å². The first-order valence-corrected chi connectivity index (χ1v) is 22.2. The van der Waals surface area contributed by atoms with E-state index in [1.165, 1.54) is 62.0 Å². The predicted molar refractivity (Wildman–Crippen MR) is 251 cm³/mol. The number of rotatable bonds is 15. The van der Waals surface area contributed by atoms with Crippen LogP contribution in [0.25, 0.3) is 33.5 Å². The Morgan fingerprint density at radius 2 is 1.64 bits per heavy atom. The minimum atomic E-state index is -1.29. The zero-order chi connectivity index (χ0) is 47.4. The van der Waals surface area contributed by atoms with Crippen molar-refractivity contribution in [2.45, 2.75) is 52.2 Å². The fourth-order valence-corrected chi connectivity index (χ4v) is 8.45. The van der Waals surface area contributed by atoms with Gasteiger partial charge >= 0.3 is 6.03 Å². The van der Waals surface area contributed by atoms with E-state index < -0.39 is 29.2 Å². The molecule has 2 fully saturated rings. The monoisotopic (exact) mass is 913 g/mol. The molecule has 17 heteroatoms. The normalized spacial score (nSPS) is 14.9. The molecule has 4 aromatic carbocycles. The summed E-state index contributed by atoms with van der Waals surface area (Å²) in [6, 6.07) is 21.1. The second-order valence-corrected chi connectivity index (χ2v) is 17.4. The molecule has 0 aliphatic carbocycles. The van der Waals surface area contributed by atoms with Gasteiger partial charge in [0.15, 0.2) is 0 Å². The lowest BCUT2D eigenvalue weighted by Gasteiger charge is -2.34. The number of piperazine rings is 1. The summed E-state index contributed by atoms with van der Waals surface area (Å²) in [6.07, 6.45) is 3.32. The van der Waals surface area contributed by atoms with Gasteiger partial charge in [0.05, 0.1) is 29.7 Å². The second kappa shape index (κ2) is 19.8. The summed E-state index contributed by atoms with van der Waals surface area (Å²) in [5.74, 6) is -2.32. The number of anilines is 2. The molecule has 4 heterocycles. The maximum absolute atomic E-state index is 15.2. The Hall–Kier alpha value is -7.08. The van der Waals surface area contributed by atoms with Gasteiger partial charge in [0.2, 0.25) is 5.91 Å². The summed E-state index contributed by atoms with van der Waals surface area (Å²) in [5, 5.41) is 18.9. The van der Waals surface area contributed by atoms with E-state index in [1.54, 1.807) is 25.1 Å². The van der Waals surface area contributed by atoms with Crippen molar-refractivity contribution in [3.8, 4) is 28.3 Å². The number of methoxy groups -OCH3 is 1. The topological polar surface area (TPSA) is 185 Å². The Balaban J connectivity index is 0.820. The summed E-state index contributed by atoms with van der Waals surface area (Å²) in [6.45, 7) is 11.0. The third-order valence-electron chi connectivity index (χ3n) is 12.3. The van der Waals surface area contributed by atoms with Gasteiger partial charge in [-0.1, -0.05) is 30.3 Å². The molecule has 0 radical (unpaired) electrons. The molecule has 2 aliphatic heterocycles. The number of unbranched alkanes of at least 4 members (excludes halogenated alkanes) is 1. The highest BCUT2D eigenvalue weighted by molar-refractivity contribution is 6.07. The van der Waals surface area contributed by atoms with Crippen LogP contribution in [0.5, 0.6) is 5.75 Å². The SMILES string of the molecule is COc1ccc(C(=O)NCCCCN2CCN(Cc3ccc(-c4cc5c(-c6cc(F)cc(NC(=O)c7ccc(C(C)(C)O)cc7F)c6C)ncnc5[nH]4)cc3)CC2)cc1N1CCC(=O)NC1=O. The summed E-state index contributed by atoms with van der Waals surface area (Å²) >= 11 is 0. The van der Waals surface area contributed by atoms with Crippen molar-refractivity contribution < 1.29 is 37.8 Å². The van der Waals surface area contributed by atoms with Crippen molar-refractivity contribution in [2.75, 3.05) is 63.1 Å². The zero-order valence-electron chi connectivity index (χ0n) is 37.8. The number of aromatic amines is 1. The first-order valence-electron chi connectivity index (χ1n) is 22.2. The molecule has 15 nitrogen and oxygen atoms in total. The number of imide groups is 1. The van der Waals surface area contributed by atoms with Crippen LogP contribution in [0.3, 0.4) is 0 Å². The Morgan fingerprint density at radius 1 is 0.881 bits per heavy atom. The zero-order valence-corrected chi connectivity index (χ0v) is 37.8. The van der Waals surface area contributed by atoms with Crippen molar-refractivity contribution in [1.82, 2.24) is 35.4 Å². The minimum Gasteiger partial charge on any atom is -0.495 e. The molecule has 0 saturated carbocycles. The van der Waals surface area contributed by atoms with E-state index in [4.69, 9.17) is 4.74 Å². The Kier molecular flexibility index (Phi) is 13.7. The first-order chi connectivity index (χ1) is 32.1. The van der Waals surface area contributed by atoms with Gasteiger partial charge in [-0.25, -0.2) is 23.5 Å². The van der Waals surface area contributed by atoms with Gasteiger partial charge in [-0.05, 0) is 111 Å². The molecular weight excluding hydrogens is 861 g/mol. The number of fused-ring (bicyclic) bond motifs is 1. The standard InChI is InChI=1S/C50H53F2N9O6/c1-30-37(25-35(51)26-40(30)57-48(64)36-13-12-34(24-39(36)52)50(2,3)66)45-38-27-41(56-46(38)55-29-54-45)32-9-7-31(8-10-32)28-60-21-19-59(20-22-60)17-6-5-16-53-47(63)33-11-14-43(67-4)42(23-33)61-18-15-44(62)58-49(61)65/h7-14,23-27,29,66H,5-6,15-22,28H2,1-4H3,(H,53,63)(H,57,64)(H,54,55,56)(H,58,62,65). The van der Waals surface area contributed by atoms with Crippen LogP contribution in [0.2, 0.25) is 0 Å². The van der Waals surface area contributed by atoms with Gasteiger partial charge < -0.3 is 30.4 Å². The molecule has 67 heavy (non-hydrogen) atoms. The number of aromatic nitrogens is 3. The number of benzene rings is 4. The fourth-order valence-electron chi connectivity index (χ4n) is 8.45. The van der Waals surface area contributed by atoms with Crippen LogP contribution in [0.1, 0.15) is 70.5 Å². The number of H-pyrrole nitrogens is 1.